The predicted molar refractivity (Wildman–Crippen MR) is 82.1 cm³/mol. The molecule has 0 bridgehead atoms. The van der Waals surface area contributed by atoms with Gasteiger partial charge in [0.2, 0.25) is 5.88 Å². The highest BCUT2D eigenvalue weighted by atomic mass is 35.5. The molecule has 0 fully saturated rings. The molecule has 1 heterocycles. The van der Waals surface area contributed by atoms with Crippen molar-refractivity contribution in [3.05, 3.63) is 23.4 Å². The van der Waals surface area contributed by atoms with Gasteiger partial charge in [-0.15, -0.1) is 11.6 Å². The number of pyridine rings is 1. The van der Waals surface area contributed by atoms with E-state index in [9.17, 15) is 0 Å². The largest absolute Gasteiger partial charge is 0.478 e. The Labute approximate surface area is 122 Å². The SMILES string of the molecule is CCCCCCOc1cc(CCl)cc(C(C)(C)C)n1. The van der Waals surface area contributed by atoms with Crippen molar-refractivity contribution in [3.8, 4) is 5.88 Å². The number of hydrogen-bond donors (Lipinski definition) is 0. The van der Waals surface area contributed by atoms with E-state index in [1.165, 1.54) is 19.3 Å². The highest BCUT2D eigenvalue weighted by Crippen LogP contribution is 2.25. The summed E-state index contributed by atoms with van der Waals surface area (Å²) in [5.41, 5.74) is 2.13. The molecule has 0 aliphatic heterocycles. The van der Waals surface area contributed by atoms with Gasteiger partial charge in [0, 0.05) is 17.4 Å². The van der Waals surface area contributed by atoms with Gasteiger partial charge in [-0.05, 0) is 18.1 Å². The molecule has 0 unspecified atom stereocenters. The van der Waals surface area contributed by atoms with E-state index in [4.69, 9.17) is 16.3 Å². The van der Waals surface area contributed by atoms with Crippen molar-refractivity contribution < 1.29 is 4.74 Å². The molecular weight excluding hydrogens is 258 g/mol. The first-order valence-corrected chi connectivity index (χ1v) is 7.71. The van der Waals surface area contributed by atoms with Gasteiger partial charge < -0.3 is 4.74 Å². The van der Waals surface area contributed by atoms with Crippen molar-refractivity contribution in [2.45, 2.75) is 64.7 Å². The van der Waals surface area contributed by atoms with E-state index >= 15 is 0 Å². The molecule has 1 rings (SSSR count). The summed E-state index contributed by atoms with van der Waals surface area (Å²) in [4.78, 5) is 4.59. The smallest absolute Gasteiger partial charge is 0.213 e. The molecule has 3 heteroatoms. The maximum Gasteiger partial charge on any atom is 0.213 e. The van der Waals surface area contributed by atoms with Crippen LogP contribution in [0.1, 0.15) is 64.6 Å². The van der Waals surface area contributed by atoms with Crippen LogP contribution in [0.25, 0.3) is 0 Å². The maximum atomic E-state index is 5.94. The van der Waals surface area contributed by atoms with E-state index in [1.807, 2.05) is 6.07 Å². The lowest BCUT2D eigenvalue weighted by Crippen LogP contribution is -2.15. The second-order valence-corrected chi connectivity index (χ2v) is 6.26. The lowest BCUT2D eigenvalue weighted by Gasteiger charge is -2.19. The lowest BCUT2D eigenvalue weighted by molar-refractivity contribution is 0.291. The lowest BCUT2D eigenvalue weighted by atomic mass is 9.91. The highest BCUT2D eigenvalue weighted by Gasteiger charge is 2.17. The molecule has 1 aromatic rings. The van der Waals surface area contributed by atoms with E-state index in [2.05, 4.69) is 38.7 Å². The third-order valence-corrected chi connectivity index (χ3v) is 3.34. The summed E-state index contributed by atoms with van der Waals surface area (Å²) in [6.07, 6.45) is 4.82. The Balaban J connectivity index is 2.67. The predicted octanol–water partition coefficient (Wildman–Crippen LogP) is 5.08. The van der Waals surface area contributed by atoms with E-state index in [0.717, 1.165) is 24.3 Å². The number of hydrogen-bond acceptors (Lipinski definition) is 2. The van der Waals surface area contributed by atoms with Crippen molar-refractivity contribution in [1.29, 1.82) is 0 Å². The van der Waals surface area contributed by atoms with Crippen molar-refractivity contribution in [1.82, 2.24) is 4.98 Å². The second kappa shape index (κ2) is 7.74. The molecule has 0 spiro atoms. The molecule has 108 valence electrons. The zero-order valence-electron chi connectivity index (χ0n) is 12.6. The van der Waals surface area contributed by atoms with Gasteiger partial charge in [-0.2, -0.15) is 0 Å². The molecule has 0 atom stereocenters. The van der Waals surface area contributed by atoms with Crippen LogP contribution < -0.4 is 4.74 Å². The van der Waals surface area contributed by atoms with Crippen LogP contribution in [0.4, 0.5) is 0 Å². The van der Waals surface area contributed by atoms with Crippen molar-refractivity contribution in [3.63, 3.8) is 0 Å². The number of alkyl halides is 1. The van der Waals surface area contributed by atoms with Crippen LogP contribution in [0, 0.1) is 0 Å². The summed E-state index contributed by atoms with van der Waals surface area (Å²) in [6.45, 7) is 9.40. The number of aromatic nitrogens is 1. The van der Waals surface area contributed by atoms with Crippen molar-refractivity contribution in [2.24, 2.45) is 0 Å². The average Bonchev–Trinajstić information content (AvgIpc) is 2.37. The molecule has 2 nitrogen and oxygen atoms in total. The van der Waals surface area contributed by atoms with Gasteiger partial charge >= 0.3 is 0 Å². The Morgan fingerprint density at radius 1 is 1.16 bits per heavy atom. The summed E-state index contributed by atoms with van der Waals surface area (Å²) in [5.74, 6) is 1.21. The molecule has 0 radical (unpaired) electrons. The molecule has 0 saturated heterocycles. The quantitative estimate of drug-likeness (QED) is 0.514. The molecule has 1 aromatic heterocycles. The molecule has 0 aromatic carbocycles. The van der Waals surface area contributed by atoms with Gasteiger partial charge in [0.05, 0.1) is 12.3 Å². The van der Waals surface area contributed by atoms with E-state index < -0.39 is 0 Å². The Bertz CT molecular complexity index is 385. The highest BCUT2D eigenvalue weighted by molar-refractivity contribution is 6.17. The van der Waals surface area contributed by atoms with Crippen LogP contribution in [-0.4, -0.2) is 11.6 Å². The number of rotatable bonds is 7. The Hall–Kier alpha value is -0.760. The fourth-order valence-electron chi connectivity index (χ4n) is 1.80. The van der Waals surface area contributed by atoms with Gasteiger partial charge in [-0.1, -0.05) is 47.0 Å². The van der Waals surface area contributed by atoms with E-state index in [0.29, 0.717) is 11.8 Å². The standard InChI is InChI=1S/C16H26ClNO/c1-5-6-7-8-9-19-15-11-13(12-17)10-14(18-15)16(2,3)4/h10-11H,5-9,12H2,1-4H3. The minimum Gasteiger partial charge on any atom is -0.478 e. The van der Waals surface area contributed by atoms with Crippen LogP contribution in [-0.2, 0) is 11.3 Å². The molecule has 19 heavy (non-hydrogen) atoms. The summed E-state index contributed by atoms with van der Waals surface area (Å²) in [6, 6.07) is 4.01. The van der Waals surface area contributed by atoms with E-state index in [-0.39, 0.29) is 5.41 Å². The normalized spacial score (nSPS) is 11.6. The maximum absolute atomic E-state index is 5.94. The summed E-state index contributed by atoms with van der Waals surface area (Å²) >= 11 is 5.94. The average molecular weight is 284 g/mol. The topological polar surface area (TPSA) is 22.1 Å². The second-order valence-electron chi connectivity index (χ2n) is 5.99. The first-order chi connectivity index (χ1) is 8.97. The van der Waals surface area contributed by atoms with Crippen LogP contribution in [0.5, 0.6) is 5.88 Å². The Morgan fingerprint density at radius 3 is 2.47 bits per heavy atom. The van der Waals surface area contributed by atoms with Gasteiger partial charge in [0.25, 0.3) is 0 Å². The van der Waals surface area contributed by atoms with E-state index in [1.54, 1.807) is 0 Å². The summed E-state index contributed by atoms with van der Waals surface area (Å²) < 4.78 is 5.76. The van der Waals surface area contributed by atoms with Crippen LogP contribution in [0.3, 0.4) is 0 Å². The van der Waals surface area contributed by atoms with Crippen LogP contribution in [0.15, 0.2) is 12.1 Å². The monoisotopic (exact) mass is 283 g/mol. The molecule has 0 N–H and O–H groups in total. The van der Waals surface area contributed by atoms with Crippen LogP contribution >= 0.6 is 11.6 Å². The molecule has 0 aliphatic rings. The Morgan fingerprint density at radius 2 is 1.89 bits per heavy atom. The zero-order valence-corrected chi connectivity index (χ0v) is 13.4. The van der Waals surface area contributed by atoms with Gasteiger partial charge in [0.1, 0.15) is 0 Å². The third-order valence-electron chi connectivity index (χ3n) is 3.03. The first kappa shape index (κ1) is 16.3. The fourth-order valence-corrected chi connectivity index (χ4v) is 1.95. The first-order valence-electron chi connectivity index (χ1n) is 7.17. The third kappa shape index (κ3) is 5.82. The van der Waals surface area contributed by atoms with Crippen molar-refractivity contribution >= 4 is 11.6 Å². The molecule has 0 saturated carbocycles. The molecular formula is C16H26ClNO. The summed E-state index contributed by atoms with van der Waals surface area (Å²) in [5, 5.41) is 0. The van der Waals surface area contributed by atoms with Gasteiger partial charge in [0.15, 0.2) is 0 Å². The number of unbranched alkanes of at least 4 members (excludes halogenated alkanes) is 3. The minimum atomic E-state index is 0.0163. The van der Waals surface area contributed by atoms with Crippen LogP contribution in [0.2, 0.25) is 0 Å². The molecule has 0 amide bonds. The van der Waals surface area contributed by atoms with Gasteiger partial charge in [-0.3, -0.25) is 0 Å². The molecule has 0 aliphatic carbocycles. The number of halogens is 1. The Kier molecular flexibility index (Phi) is 6.64. The zero-order chi connectivity index (χ0) is 14.3. The number of nitrogens with zero attached hydrogens (tertiary/aromatic N) is 1. The van der Waals surface area contributed by atoms with Gasteiger partial charge in [-0.25, -0.2) is 4.98 Å². The number of ether oxygens (including phenoxy) is 1. The summed E-state index contributed by atoms with van der Waals surface area (Å²) in [7, 11) is 0. The minimum absolute atomic E-state index is 0.0163. The fraction of sp³-hybridized carbons (Fsp3) is 0.688. The van der Waals surface area contributed by atoms with Crippen molar-refractivity contribution in [2.75, 3.05) is 6.61 Å².